The molecule has 0 fully saturated rings. The molecule has 1 aromatic heterocycles. The lowest BCUT2D eigenvalue weighted by Gasteiger charge is -2.42. The summed E-state index contributed by atoms with van der Waals surface area (Å²) < 4.78 is 5.53. The van der Waals surface area contributed by atoms with Crippen LogP contribution in [0.4, 0.5) is 4.79 Å². The van der Waals surface area contributed by atoms with Gasteiger partial charge in [0.25, 0.3) is 8.32 Å². The second-order valence-corrected chi connectivity index (χ2v) is 15.9. The monoisotopic (exact) mass is 554 g/mol. The number of amides is 1. The summed E-state index contributed by atoms with van der Waals surface area (Å²) in [5.41, 5.74) is -1.22. The van der Waals surface area contributed by atoms with Crippen molar-refractivity contribution in [1.29, 1.82) is 0 Å². The van der Waals surface area contributed by atoms with E-state index >= 15 is 0 Å². The Balaban J connectivity index is 1.92. The van der Waals surface area contributed by atoms with Crippen molar-refractivity contribution < 1.29 is 19.4 Å². The molecule has 38 heavy (non-hydrogen) atoms. The standard InChI is InChI=1S/C30H39ClN2O4Si/c1-28(2,3)37-27(35)33-30(6,24-18-21-32-26(31)25(24)34)20-13-19-29(4,5)38(36,22-14-9-7-10-15-22)23-16-11-8-12-17-23/h7-12,14-18,21,34,36H,13,19-20H2,1-6H3,(H,33,35)/t30-/m0/s1. The summed E-state index contributed by atoms with van der Waals surface area (Å²) >= 11 is 6.13. The summed E-state index contributed by atoms with van der Waals surface area (Å²) in [5, 5.41) is 15.1. The third kappa shape index (κ3) is 6.57. The van der Waals surface area contributed by atoms with Gasteiger partial charge in [0, 0.05) is 11.8 Å². The van der Waals surface area contributed by atoms with Crippen molar-refractivity contribution in [3.05, 3.63) is 83.6 Å². The van der Waals surface area contributed by atoms with E-state index in [1.54, 1.807) is 26.8 Å². The van der Waals surface area contributed by atoms with Gasteiger partial charge in [0.2, 0.25) is 0 Å². The Kier molecular flexibility index (Phi) is 8.96. The topological polar surface area (TPSA) is 91.7 Å². The van der Waals surface area contributed by atoms with Crippen molar-refractivity contribution in [2.24, 2.45) is 0 Å². The molecule has 0 aliphatic heterocycles. The number of halogens is 1. The second-order valence-electron chi connectivity index (χ2n) is 11.6. The highest BCUT2D eigenvalue weighted by Crippen LogP contribution is 2.43. The fourth-order valence-electron chi connectivity index (χ4n) is 5.04. The third-order valence-electron chi connectivity index (χ3n) is 7.09. The van der Waals surface area contributed by atoms with E-state index in [1.165, 1.54) is 6.20 Å². The van der Waals surface area contributed by atoms with E-state index in [-0.39, 0.29) is 10.9 Å². The van der Waals surface area contributed by atoms with Gasteiger partial charge in [-0.15, -0.1) is 0 Å². The van der Waals surface area contributed by atoms with Gasteiger partial charge in [-0.25, -0.2) is 9.78 Å². The van der Waals surface area contributed by atoms with Gasteiger partial charge in [0.15, 0.2) is 10.9 Å². The largest absolute Gasteiger partial charge is 0.504 e. The molecular weight excluding hydrogens is 516 g/mol. The van der Waals surface area contributed by atoms with Crippen LogP contribution in [0.3, 0.4) is 0 Å². The number of hydrogen-bond acceptors (Lipinski definition) is 5. The average Bonchev–Trinajstić information content (AvgIpc) is 2.84. The number of alkyl carbamates (subject to hydrolysis) is 1. The first-order chi connectivity index (χ1) is 17.7. The maximum Gasteiger partial charge on any atom is 0.408 e. The van der Waals surface area contributed by atoms with Crippen molar-refractivity contribution >= 4 is 36.4 Å². The summed E-state index contributed by atoms with van der Waals surface area (Å²) in [7, 11) is -3.18. The van der Waals surface area contributed by atoms with E-state index in [0.717, 1.165) is 10.4 Å². The second kappa shape index (κ2) is 11.5. The van der Waals surface area contributed by atoms with Crippen LogP contribution in [0.5, 0.6) is 5.75 Å². The maximum absolute atomic E-state index is 12.8. The molecule has 0 radical (unpaired) electrons. The summed E-state index contributed by atoms with van der Waals surface area (Å²) in [6.45, 7) is 11.5. The predicted molar refractivity (Wildman–Crippen MR) is 156 cm³/mol. The molecule has 0 unspecified atom stereocenters. The number of hydrogen-bond donors (Lipinski definition) is 3. The summed E-state index contributed by atoms with van der Waals surface area (Å²) in [6.07, 6.45) is 2.70. The lowest BCUT2D eigenvalue weighted by Crippen LogP contribution is -2.65. The minimum atomic E-state index is -3.18. The van der Waals surface area contributed by atoms with E-state index in [2.05, 4.69) is 24.1 Å². The molecule has 1 atom stereocenters. The number of carbonyl (C=O) groups excluding carboxylic acids is 1. The first kappa shape index (κ1) is 29.7. The molecule has 0 aliphatic rings. The SMILES string of the molecule is CC(C)(C)OC(=O)N[C@@](C)(CCCC(C)(C)[Si](O)(c1ccccc1)c1ccccc1)c1ccnc(Cl)c1O. The average molecular weight is 555 g/mol. The number of rotatable bonds is 9. The van der Waals surface area contributed by atoms with Gasteiger partial charge in [-0.2, -0.15) is 0 Å². The fourth-order valence-corrected chi connectivity index (χ4v) is 8.98. The first-order valence-electron chi connectivity index (χ1n) is 12.9. The molecule has 8 heteroatoms. The normalized spacial score (nSPS) is 14.0. The van der Waals surface area contributed by atoms with Crippen LogP contribution in [0.1, 0.15) is 66.4 Å². The molecule has 1 amide bonds. The van der Waals surface area contributed by atoms with Gasteiger partial charge in [0.1, 0.15) is 5.60 Å². The lowest BCUT2D eigenvalue weighted by molar-refractivity contribution is 0.0452. The fraction of sp³-hybridized carbons (Fsp3) is 0.400. The molecule has 3 aromatic rings. The Labute approximate surface area is 232 Å². The molecule has 3 N–H and O–H groups in total. The van der Waals surface area contributed by atoms with E-state index < -0.39 is 30.6 Å². The van der Waals surface area contributed by atoms with Gasteiger partial charge in [-0.1, -0.05) is 92.5 Å². The summed E-state index contributed by atoms with van der Waals surface area (Å²) in [4.78, 5) is 29.3. The van der Waals surface area contributed by atoms with Crippen LogP contribution in [0, 0.1) is 0 Å². The highest BCUT2D eigenvalue weighted by atomic mass is 35.5. The molecular formula is C30H39ClN2O4Si. The zero-order valence-electron chi connectivity index (χ0n) is 23.1. The number of pyridine rings is 1. The number of aromatic hydroxyl groups is 1. The summed E-state index contributed by atoms with van der Waals surface area (Å²) in [6, 6.07) is 21.4. The number of benzene rings is 2. The molecule has 0 bridgehead atoms. The quantitative estimate of drug-likeness (QED) is 0.227. The van der Waals surface area contributed by atoms with Crippen molar-refractivity contribution in [2.75, 3.05) is 0 Å². The molecule has 0 aliphatic carbocycles. The Bertz CT molecular complexity index is 1190. The predicted octanol–water partition coefficient (Wildman–Crippen LogP) is 5.88. The van der Waals surface area contributed by atoms with Crippen LogP contribution in [0.2, 0.25) is 10.2 Å². The molecule has 204 valence electrons. The van der Waals surface area contributed by atoms with Gasteiger partial charge in [-0.05, 0) is 62.0 Å². The number of nitrogens with zero attached hydrogens (tertiary/aromatic N) is 1. The van der Waals surface area contributed by atoms with Crippen LogP contribution in [-0.4, -0.2) is 34.9 Å². The van der Waals surface area contributed by atoms with E-state index in [0.29, 0.717) is 24.8 Å². The molecule has 0 spiro atoms. The van der Waals surface area contributed by atoms with Crippen LogP contribution in [0.25, 0.3) is 0 Å². The Hall–Kier alpha value is -2.87. The van der Waals surface area contributed by atoms with Crippen LogP contribution < -0.4 is 15.7 Å². The Morgan fingerprint density at radius 1 is 0.921 bits per heavy atom. The maximum atomic E-state index is 12.8. The van der Waals surface area contributed by atoms with Crippen molar-refractivity contribution in [1.82, 2.24) is 10.3 Å². The minimum Gasteiger partial charge on any atom is -0.504 e. The molecule has 3 rings (SSSR count). The van der Waals surface area contributed by atoms with Gasteiger partial charge in [0.05, 0.1) is 5.54 Å². The van der Waals surface area contributed by atoms with E-state index in [9.17, 15) is 14.7 Å². The van der Waals surface area contributed by atoms with Gasteiger partial charge < -0.3 is 20.0 Å². The van der Waals surface area contributed by atoms with Gasteiger partial charge in [-0.3, -0.25) is 0 Å². The third-order valence-corrected chi connectivity index (χ3v) is 11.9. The number of ether oxygens (including phenoxy) is 1. The number of nitrogens with one attached hydrogen (secondary N) is 1. The van der Waals surface area contributed by atoms with Crippen LogP contribution in [0.15, 0.2) is 72.9 Å². The zero-order chi connectivity index (χ0) is 28.2. The van der Waals surface area contributed by atoms with Crippen molar-refractivity contribution in [2.45, 2.75) is 77.0 Å². The van der Waals surface area contributed by atoms with Crippen molar-refractivity contribution in [3.8, 4) is 5.75 Å². The first-order valence-corrected chi connectivity index (χ1v) is 15.2. The molecule has 1 heterocycles. The minimum absolute atomic E-state index is 0.0324. The smallest absolute Gasteiger partial charge is 0.408 e. The van der Waals surface area contributed by atoms with Crippen LogP contribution in [-0.2, 0) is 10.3 Å². The number of aromatic nitrogens is 1. The summed E-state index contributed by atoms with van der Waals surface area (Å²) in [5.74, 6) is -0.175. The molecule has 6 nitrogen and oxygen atoms in total. The van der Waals surface area contributed by atoms with Crippen molar-refractivity contribution in [3.63, 3.8) is 0 Å². The Morgan fingerprint density at radius 3 is 1.95 bits per heavy atom. The lowest BCUT2D eigenvalue weighted by atomic mass is 9.85. The highest BCUT2D eigenvalue weighted by Gasteiger charge is 2.49. The van der Waals surface area contributed by atoms with E-state index in [1.807, 2.05) is 67.6 Å². The molecule has 0 saturated heterocycles. The number of carbonyl (C=O) groups is 1. The molecule has 2 aromatic carbocycles. The van der Waals surface area contributed by atoms with E-state index in [4.69, 9.17) is 16.3 Å². The highest BCUT2D eigenvalue weighted by molar-refractivity contribution is 6.98. The Morgan fingerprint density at radius 2 is 1.45 bits per heavy atom. The zero-order valence-corrected chi connectivity index (χ0v) is 24.8. The van der Waals surface area contributed by atoms with Gasteiger partial charge >= 0.3 is 6.09 Å². The van der Waals surface area contributed by atoms with Crippen LogP contribution >= 0.6 is 11.6 Å². The molecule has 0 saturated carbocycles.